The van der Waals surface area contributed by atoms with Gasteiger partial charge in [-0.25, -0.2) is 18.1 Å². The molecule has 0 aliphatic carbocycles. The molecule has 0 atom stereocenters. The van der Waals surface area contributed by atoms with E-state index in [-0.39, 0.29) is 28.9 Å². The van der Waals surface area contributed by atoms with Crippen LogP contribution in [0.1, 0.15) is 43.4 Å². The van der Waals surface area contributed by atoms with E-state index in [2.05, 4.69) is 32.4 Å². The maximum Gasteiger partial charge on any atom is 0.240 e. The zero-order valence-corrected chi connectivity index (χ0v) is 20.4. The average Bonchev–Trinajstić information content (AvgIpc) is 3.12. The molecule has 1 aromatic heterocycles. The molecule has 0 saturated carbocycles. The number of rotatable bonds is 9. The predicted molar refractivity (Wildman–Crippen MR) is 125 cm³/mol. The maximum atomic E-state index is 11.8. The van der Waals surface area contributed by atoms with Gasteiger partial charge >= 0.3 is 0 Å². The molecule has 2 aromatic rings. The summed E-state index contributed by atoms with van der Waals surface area (Å²) < 4.78 is 31.3. The van der Waals surface area contributed by atoms with Crippen LogP contribution in [-0.4, -0.2) is 33.1 Å². The molecule has 0 aliphatic heterocycles. The molecule has 2 rings (SSSR count). The smallest absolute Gasteiger partial charge is 0.240 e. The summed E-state index contributed by atoms with van der Waals surface area (Å²) in [6.07, 6.45) is 1.61. The molecule has 0 aliphatic rings. The first-order valence-electron chi connectivity index (χ1n) is 9.46. The van der Waals surface area contributed by atoms with Gasteiger partial charge in [-0.2, -0.15) is 0 Å². The molecule has 0 amide bonds. The fourth-order valence-electron chi connectivity index (χ4n) is 2.71. The van der Waals surface area contributed by atoms with Gasteiger partial charge in [0.25, 0.3) is 0 Å². The molecule has 0 spiro atoms. The second-order valence-electron chi connectivity index (χ2n) is 6.14. The molecule has 162 valence electrons. The van der Waals surface area contributed by atoms with Gasteiger partial charge in [0.1, 0.15) is 5.76 Å². The Kier molecular flexibility index (Phi) is 10.6. The molecule has 0 unspecified atom stereocenters. The summed E-state index contributed by atoms with van der Waals surface area (Å²) in [5.41, 5.74) is 2.96. The van der Waals surface area contributed by atoms with Crippen LogP contribution in [0, 0.1) is 0 Å². The molecule has 0 bridgehead atoms. The topological polar surface area (TPSA) is 109 Å². The van der Waals surface area contributed by atoms with Crippen LogP contribution in [-0.2, 0) is 36.0 Å². The Morgan fingerprint density at radius 2 is 1.79 bits per heavy atom. The van der Waals surface area contributed by atoms with Gasteiger partial charge < -0.3 is 15.2 Å². The lowest BCUT2D eigenvalue weighted by atomic mass is 10.1. The summed E-state index contributed by atoms with van der Waals surface area (Å²) in [6.45, 7) is 7.85. The normalized spacial score (nSPS) is 11.8. The van der Waals surface area contributed by atoms with E-state index in [0.29, 0.717) is 19.0 Å². The molecule has 0 fully saturated rings. The van der Waals surface area contributed by atoms with Crippen LogP contribution in [0.5, 0.6) is 0 Å². The van der Waals surface area contributed by atoms with Crippen LogP contribution in [0.2, 0.25) is 0 Å². The van der Waals surface area contributed by atoms with Gasteiger partial charge in [0, 0.05) is 25.1 Å². The molecular weight excluding hydrogens is 505 g/mol. The van der Waals surface area contributed by atoms with Gasteiger partial charge in [-0.1, -0.05) is 31.1 Å². The van der Waals surface area contributed by atoms with Crippen LogP contribution in [0.3, 0.4) is 0 Å². The Morgan fingerprint density at radius 1 is 1.10 bits per heavy atom. The van der Waals surface area contributed by atoms with Crippen molar-refractivity contribution in [3.8, 4) is 0 Å². The SMILES string of the molecule is CCNC(=NCc1ccc(S(=O)(=O)NC)cc1)NCc1c(CC)noc1CC.I. The fourth-order valence-corrected chi connectivity index (χ4v) is 3.44. The summed E-state index contributed by atoms with van der Waals surface area (Å²) in [6, 6.07) is 6.69. The van der Waals surface area contributed by atoms with E-state index in [1.165, 1.54) is 7.05 Å². The minimum atomic E-state index is -3.43. The van der Waals surface area contributed by atoms with Crippen molar-refractivity contribution in [1.82, 2.24) is 20.5 Å². The molecule has 10 heteroatoms. The number of halogens is 1. The Balaban J connectivity index is 0.00000420. The number of aliphatic imine (C=N–C) groups is 1. The summed E-state index contributed by atoms with van der Waals surface area (Å²) >= 11 is 0. The Morgan fingerprint density at radius 3 is 2.34 bits per heavy atom. The number of guanidine groups is 1. The van der Waals surface area contributed by atoms with Crippen molar-refractivity contribution in [3.05, 3.63) is 46.8 Å². The van der Waals surface area contributed by atoms with Crippen molar-refractivity contribution in [1.29, 1.82) is 0 Å². The monoisotopic (exact) mass is 535 g/mol. The second kappa shape index (κ2) is 12.1. The van der Waals surface area contributed by atoms with Crippen molar-refractivity contribution in [2.75, 3.05) is 13.6 Å². The minimum Gasteiger partial charge on any atom is -0.361 e. The third-order valence-corrected chi connectivity index (χ3v) is 5.74. The number of sulfonamides is 1. The lowest BCUT2D eigenvalue weighted by molar-refractivity contribution is 0.380. The number of nitrogens with zero attached hydrogens (tertiary/aromatic N) is 2. The Bertz CT molecular complexity index is 874. The van der Waals surface area contributed by atoms with Crippen molar-refractivity contribution in [2.45, 2.75) is 51.6 Å². The first-order valence-corrected chi connectivity index (χ1v) is 10.9. The lowest BCUT2D eigenvalue weighted by Crippen LogP contribution is -2.37. The van der Waals surface area contributed by atoms with Gasteiger partial charge in [0.2, 0.25) is 10.0 Å². The third-order valence-electron chi connectivity index (χ3n) is 4.31. The molecule has 0 radical (unpaired) electrons. The van der Waals surface area contributed by atoms with Gasteiger partial charge in [-0.05, 0) is 38.1 Å². The van der Waals surface area contributed by atoms with Crippen molar-refractivity contribution in [3.63, 3.8) is 0 Å². The third kappa shape index (κ3) is 6.96. The van der Waals surface area contributed by atoms with Crippen molar-refractivity contribution in [2.24, 2.45) is 4.99 Å². The molecular formula is C19H30IN5O3S. The average molecular weight is 535 g/mol. The summed E-state index contributed by atoms with van der Waals surface area (Å²) in [7, 11) is -2.03. The zero-order valence-electron chi connectivity index (χ0n) is 17.3. The number of aromatic nitrogens is 1. The Hall–Kier alpha value is -1.66. The summed E-state index contributed by atoms with van der Waals surface area (Å²) in [5, 5.41) is 10.7. The first-order chi connectivity index (χ1) is 13.4. The highest BCUT2D eigenvalue weighted by Crippen LogP contribution is 2.15. The first kappa shape index (κ1) is 25.4. The van der Waals surface area contributed by atoms with Crippen LogP contribution in [0.15, 0.2) is 38.7 Å². The van der Waals surface area contributed by atoms with E-state index in [4.69, 9.17) is 4.52 Å². The second-order valence-corrected chi connectivity index (χ2v) is 8.02. The van der Waals surface area contributed by atoms with Crippen LogP contribution < -0.4 is 15.4 Å². The van der Waals surface area contributed by atoms with E-state index < -0.39 is 10.0 Å². The lowest BCUT2D eigenvalue weighted by Gasteiger charge is -2.12. The van der Waals surface area contributed by atoms with Crippen LogP contribution >= 0.6 is 24.0 Å². The molecule has 0 saturated heterocycles. The van der Waals surface area contributed by atoms with Crippen LogP contribution in [0.4, 0.5) is 0 Å². The van der Waals surface area contributed by atoms with Gasteiger partial charge in [0.05, 0.1) is 17.1 Å². The number of benzene rings is 1. The molecule has 1 heterocycles. The number of hydrogen-bond donors (Lipinski definition) is 3. The molecule has 3 N–H and O–H groups in total. The molecule has 8 nitrogen and oxygen atoms in total. The highest BCUT2D eigenvalue weighted by atomic mass is 127. The standard InChI is InChI=1S/C19H29N5O3S.HI/c1-5-17-16(18(6-2)27-24-17)13-23-19(21-7-3)22-12-14-8-10-15(11-9-14)28(25,26)20-4;/h8-11,20H,5-7,12-13H2,1-4H3,(H2,21,22,23);1H. The van der Waals surface area contributed by atoms with Crippen molar-refractivity contribution >= 4 is 40.0 Å². The van der Waals surface area contributed by atoms with Gasteiger partial charge in [-0.15, -0.1) is 24.0 Å². The zero-order chi connectivity index (χ0) is 20.6. The van der Waals surface area contributed by atoms with Crippen LogP contribution in [0.25, 0.3) is 0 Å². The highest BCUT2D eigenvalue weighted by Gasteiger charge is 2.14. The summed E-state index contributed by atoms with van der Waals surface area (Å²) in [5.74, 6) is 1.57. The summed E-state index contributed by atoms with van der Waals surface area (Å²) in [4.78, 5) is 4.82. The van der Waals surface area contributed by atoms with E-state index >= 15 is 0 Å². The predicted octanol–water partition coefficient (Wildman–Crippen LogP) is 2.58. The molecule has 29 heavy (non-hydrogen) atoms. The highest BCUT2D eigenvalue weighted by molar-refractivity contribution is 14.0. The number of aryl methyl sites for hydroxylation is 2. The van der Waals surface area contributed by atoms with Crippen molar-refractivity contribution < 1.29 is 12.9 Å². The molecule has 1 aromatic carbocycles. The van der Waals surface area contributed by atoms with E-state index in [9.17, 15) is 8.42 Å². The minimum absolute atomic E-state index is 0. The van der Waals surface area contributed by atoms with Gasteiger partial charge in [0.15, 0.2) is 5.96 Å². The largest absolute Gasteiger partial charge is 0.361 e. The maximum absolute atomic E-state index is 11.8. The number of hydrogen-bond acceptors (Lipinski definition) is 5. The van der Waals surface area contributed by atoms with Gasteiger partial charge in [-0.3, -0.25) is 0 Å². The quantitative estimate of drug-likeness (QED) is 0.259. The number of nitrogens with one attached hydrogen (secondary N) is 3. The fraction of sp³-hybridized carbons (Fsp3) is 0.474. The Labute approximate surface area is 190 Å². The van der Waals surface area contributed by atoms with E-state index in [1.54, 1.807) is 24.3 Å². The van der Waals surface area contributed by atoms with E-state index in [0.717, 1.165) is 42.0 Å². The van der Waals surface area contributed by atoms with E-state index in [1.807, 2.05) is 13.8 Å².